The molecule has 0 saturated heterocycles. The van der Waals surface area contributed by atoms with E-state index in [1.165, 1.54) is 17.0 Å². The predicted molar refractivity (Wildman–Crippen MR) is 67.4 cm³/mol. The minimum atomic E-state index is -0.216. The summed E-state index contributed by atoms with van der Waals surface area (Å²) in [7, 11) is 0. The van der Waals surface area contributed by atoms with Crippen molar-refractivity contribution in [3.63, 3.8) is 0 Å². The lowest BCUT2D eigenvalue weighted by atomic mass is 9.99. The Kier molecular flexibility index (Phi) is 2.68. The molecule has 3 rings (SSSR count). The normalized spacial score (nSPS) is 19.1. The summed E-state index contributed by atoms with van der Waals surface area (Å²) in [5.74, 6) is -0.216. The van der Waals surface area contributed by atoms with Crippen LogP contribution in [0.25, 0.3) is 10.6 Å². The lowest BCUT2D eigenvalue weighted by Crippen LogP contribution is -2.16. The number of aromatic nitrogens is 1. The van der Waals surface area contributed by atoms with Gasteiger partial charge >= 0.3 is 0 Å². The average molecular weight is 248 g/mol. The lowest BCUT2D eigenvalue weighted by Gasteiger charge is -2.15. The number of nitrogens with two attached hydrogens (primary N) is 1. The van der Waals surface area contributed by atoms with Gasteiger partial charge in [-0.05, 0) is 43.5 Å². The van der Waals surface area contributed by atoms with E-state index in [0.717, 1.165) is 35.5 Å². The van der Waals surface area contributed by atoms with Gasteiger partial charge in [-0.2, -0.15) is 0 Å². The summed E-state index contributed by atoms with van der Waals surface area (Å²) in [5.41, 5.74) is 8.06. The number of benzene rings is 1. The van der Waals surface area contributed by atoms with Gasteiger partial charge in [0.1, 0.15) is 10.8 Å². The summed E-state index contributed by atoms with van der Waals surface area (Å²) in [6.45, 7) is 0. The maximum atomic E-state index is 12.9. The third-order valence-corrected chi connectivity index (χ3v) is 4.27. The fourth-order valence-electron chi connectivity index (χ4n) is 2.17. The Balaban J connectivity index is 2.02. The molecule has 2 aromatic rings. The van der Waals surface area contributed by atoms with E-state index in [9.17, 15) is 4.39 Å². The highest BCUT2D eigenvalue weighted by Gasteiger charge is 2.22. The van der Waals surface area contributed by atoms with Crippen molar-refractivity contribution in [2.24, 2.45) is 5.73 Å². The van der Waals surface area contributed by atoms with Crippen molar-refractivity contribution in [3.05, 3.63) is 40.7 Å². The molecule has 0 saturated carbocycles. The van der Waals surface area contributed by atoms with Gasteiger partial charge in [-0.3, -0.25) is 0 Å². The lowest BCUT2D eigenvalue weighted by molar-refractivity contribution is 0.564. The highest BCUT2D eigenvalue weighted by molar-refractivity contribution is 7.15. The van der Waals surface area contributed by atoms with Gasteiger partial charge in [0.2, 0.25) is 0 Å². The van der Waals surface area contributed by atoms with Crippen LogP contribution in [0.5, 0.6) is 0 Å². The van der Waals surface area contributed by atoms with Crippen LogP contribution < -0.4 is 5.73 Å². The van der Waals surface area contributed by atoms with Crippen LogP contribution in [0.15, 0.2) is 24.3 Å². The molecule has 1 aromatic carbocycles. The Morgan fingerprint density at radius 3 is 2.76 bits per heavy atom. The molecule has 0 amide bonds. The van der Waals surface area contributed by atoms with Crippen LogP contribution in [0.3, 0.4) is 0 Å². The molecular weight excluding hydrogens is 235 g/mol. The molecule has 0 unspecified atom stereocenters. The monoisotopic (exact) mass is 248 g/mol. The van der Waals surface area contributed by atoms with E-state index in [4.69, 9.17) is 5.73 Å². The molecule has 1 aromatic heterocycles. The molecule has 1 aliphatic rings. The van der Waals surface area contributed by atoms with E-state index in [1.807, 2.05) is 0 Å². The number of rotatable bonds is 1. The molecule has 1 heterocycles. The molecule has 88 valence electrons. The molecule has 0 radical (unpaired) electrons. The third-order valence-electron chi connectivity index (χ3n) is 3.09. The Morgan fingerprint density at radius 2 is 2.06 bits per heavy atom. The minimum Gasteiger partial charge on any atom is -0.323 e. The van der Waals surface area contributed by atoms with Gasteiger partial charge in [-0.1, -0.05) is 0 Å². The molecular formula is C13H13FN2S. The Labute approximate surface area is 103 Å². The smallest absolute Gasteiger partial charge is 0.123 e. The zero-order valence-electron chi connectivity index (χ0n) is 9.32. The van der Waals surface area contributed by atoms with Gasteiger partial charge in [0.25, 0.3) is 0 Å². The number of thiazole rings is 1. The van der Waals surface area contributed by atoms with Gasteiger partial charge in [0.05, 0.1) is 5.69 Å². The summed E-state index contributed by atoms with van der Waals surface area (Å²) < 4.78 is 12.9. The van der Waals surface area contributed by atoms with Crippen LogP contribution in [0.1, 0.15) is 29.5 Å². The summed E-state index contributed by atoms with van der Waals surface area (Å²) in [6.07, 6.45) is 3.22. The van der Waals surface area contributed by atoms with Crippen LogP contribution >= 0.6 is 11.3 Å². The fraction of sp³-hybridized carbons (Fsp3) is 0.308. The molecule has 4 heteroatoms. The van der Waals surface area contributed by atoms with Crippen molar-refractivity contribution < 1.29 is 4.39 Å². The Morgan fingerprint density at radius 1 is 1.29 bits per heavy atom. The second kappa shape index (κ2) is 4.20. The average Bonchev–Trinajstić information content (AvgIpc) is 2.75. The summed E-state index contributed by atoms with van der Waals surface area (Å²) in [6, 6.07) is 6.55. The molecule has 1 aliphatic carbocycles. The van der Waals surface area contributed by atoms with Gasteiger partial charge in [0, 0.05) is 16.5 Å². The van der Waals surface area contributed by atoms with E-state index in [-0.39, 0.29) is 11.9 Å². The van der Waals surface area contributed by atoms with E-state index in [1.54, 1.807) is 23.5 Å². The van der Waals surface area contributed by atoms with E-state index in [0.29, 0.717) is 0 Å². The second-order valence-electron chi connectivity index (χ2n) is 4.33. The van der Waals surface area contributed by atoms with Crippen LogP contribution in [-0.2, 0) is 6.42 Å². The number of fused-ring (bicyclic) bond motifs is 1. The maximum Gasteiger partial charge on any atom is 0.123 e. The molecule has 0 bridgehead atoms. The first-order chi connectivity index (χ1) is 8.24. The first kappa shape index (κ1) is 10.9. The van der Waals surface area contributed by atoms with Crippen molar-refractivity contribution in [2.75, 3.05) is 0 Å². The number of hydrogen-bond donors (Lipinski definition) is 1. The molecule has 0 fully saturated rings. The van der Waals surface area contributed by atoms with Crippen molar-refractivity contribution in [3.8, 4) is 10.6 Å². The van der Waals surface area contributed by atoms with Crippen LogP contribution in [0.2, 0.25) is 0 Å². The molecule has 1 atom stereocenters. The fourth-order valence-corrected chi connectivity index (χ4v) is 3.35. The van der Waals surface area contributed by atoms with E-state index < -0.39 is 0 Å². The molecule has 2 nitrogen and oxygen atoms in total. The van der Waals surface area contributed by atoms with Crippen molar-refractivity contribution in [2.45, 2.75) is 25.3 Å². The minimum absolute atomic E-state index is 0.0733. The van der Waals surface area contributed by atoms with Crippen LogP contribution in [0, 0.1) is 5.82 Å². The highest BCUT2D eigenvalue weighted by atomic mass is 32.1. The first-order valence-electron chi connectivity index (χ1n) is 5.75. The maximum absolute atomic E-state index is 12.9. The quantitative estimate of drug-likeness (QED) is 0.841. The number of aryl methyl sites for hydroxylation is 1. The molecule has 0 aliphatic heterocycles. The van der Waals surface area contributed by atoms with E-state index >= 15 is 0 Å². The zero-order valence-corrected chi connectivity index (χ0v) is 10.1. The Hall–Kier alpha value is -1.26. The third kappa shape index (κ3) is 1.98. The second-order valence-corrected chi connectivity index (χ2v) is 5.42. The van der Waals surface area contributed by atoms with E-state index in [2.05, 4.69) is 4.98 Å². The summed E-state index contributed by atoms with van der Waals surface area (Å²) >= 11 is 1.68. The largest absolute Gasteiger partial charge is 0.323 e. The Bertz CT molecular complexity index is 533. The summed E-state index contributed by atoms with van der Waals surface area (Å²) in [4.78, 5) is 5.90. The topological polar surface area (TPSA) is 38.9 Å². The highest BCUT2D eigenvalue weighted by Crippen LogP contribution is 2.35. The van der Waals surface area contributed by atoms with Gasteiger partial charge in [-0.25, -0.2) is 9.37 Å². The number of nitrogens with zero attached hydrogens (tertiary/aromatic N) is 1. The predicted octanol–water partition coefficient (Wildman–Crippen LogP) is 3.29. The first-order valence-corrected chi connectivity index (χ1v) is 6.57. The summed E-state index contributed by atoms with van der Waals surface area (Å²) in [5, 5.41) is 0.951. The SMILES string of the molecule is N[C@H]1CCCc2sc(-c3ccc(F)cc3)nc21. The molecule has 2 N–H and O–H groups in total. The molecule has 0 spiro atoms. The number of hydrogen-bond acceptors (Lipinski definition) is 3. The zero-order chi connectivity index (χ0) is 11.8. The van der Waals surface area contributed by atoms with Gasteiger partial charge in [-0.15, -0.1) is 11.3 Å². The van der Waals surface area contributed by atoms with Gasteiger partial charge in [0.15, 0.2) is 0 Å². The van der Waals surface area contributed by atoms with Gasteiger partial charge < -0.3 is 5.73 Å². The van der Waals surface area contributed by atoms with Crippen LogP contribution in [-0.4, -0.2) is 4.98 Å². The van der Waals surface area contributed by atoms with Crippen molar-refractivity contribution in [1.29, 1.82) is 0 Å². The standard InChI is InChI=1S/C13H13FN2S/c14-9-6-4-8(5-7-9)13-16-12-10(15)2-1-3-11(12)17-13/h4-7,10H,1-3,15H2/t10-/m0/s1. The molecule has 17 heavy (non-hydrogen) atoms. The number of halogens is 1. The van der Waals surface area contributed by atoms with Crippen LogP contribution in [0.4, 0.5) is 4.39 Å². The van der Waals surface area contributed by atoms with Crippen molar-refractivity contribution >= 4 is 11.3 Å². The van der Waals surface area contributed by atoms with Crippen molar-refractivity contribution in [1.82, 2.24) is 4.98 Å².